The number of aryl methyl sites for hydroxylation is 1. The highest BCUT2D eigenvalue weighted by atomic mass is 32.2. The summed E-state index contributed by atoms with van der Waals surface area (Å²) in [6.45, 7) is 2.97. The molecule has 2 aromatic heterocycles. The van der Waals surface area contributed by atoms with E-state index < -0.39 is 18.4 Å². The molecule has 0 atom stereocenters. The number of rotatable bonds is 4. The fraction of sp³-hybridized carbons (Fsp3) is 0.350. The van der Waals surface area contributed by atoms with Crippen molar-refractivity contribution >= 4 is 57.7 Å². The number of nitrogens with zero attached hydrogens (tertiary/aromatic N) is 4. The molecule has 2 saturated heterocycles. The van der Waals surface area contributed by atoms with Gasteiger partial charge in [-0.1, -0.05) is 30.0 Å². The van der Waals surface area contributed by atoms with Crippen molar-refractivity contribution in [3.05, 3.63) is 44.7 Å². The second-order valence-corrected chi connectivity index (χ2v) is 8.92. The minimum Gasteiger partial charge on any atom is -0.480 e. The molecule has 4 heterocycles. The minimum absolute atomic E-state index is 0.165. The number of hydrogen-bond donors (Lipinski definition) is 1. The average molecular weight is 445 g/mol. The number of carboxylic acid groups (broad SMARTS) is 1. The maximum Gasteiger partial charge on any atom is 0.323 e. The van der Waals surface area contributed by atoms with Crippen LogP contribution in [-0.4, -0.2) is 55.2 Å². The van der Waals surface area contributed by atoms with Crippen molar-refractivity contribution in [1.29, 1.82) is 0 Å². The highest BCUT2D eigenvalue weighted by molar-refractivity contribution is 8.26. The molecule has 0 bridgehead atoms. The zero-order chi connectivity index (χ0) is 21.4. The molecule has 0 unspecified atom stereocenters. The number of thioether (sulfide) groups is 1. The Morgan fingerprint density at radius 3 is 2.73 bits per heavy atom. The second kappa shape index (κ2) is 8.19. The van der Waals surface area contributed by atoms with E-state index in [-0.39, 0.29) is 14.8 Å². The standard InChI is InChI=1S/C20H20N4O4S2/c1-12-6-5-9-23-16(12)21-17(22-7-3-2-4-8-22)13(18(23)27)10-14-19(28)24(11-15(25)26)20(29)30-14/h5-6,9-10H,2-4,7-8,11H2,1H3,(H,25,26)/b14-10+. The zero-order valence-electron chi connectivity index (χ0n) is 16.3. The van der Waals surface area contributed by atoms with Crippen molar-refractivity contribution < 1.29 is 14.7 Å². The van der Waals surface area contributed by atoms with Gasteiger partial charge in [0.1, 0.15) is 22.3 Å². The Labute approximate surface area is 182 Å². The van der Waals surface area contributed by atoms with Gasteiger partial charge in [-0.15, -0.1) is 0 Å². The molecule has 2 aliphatic heterocycles. The molecular weight excluding hydrogens is 424 g/mol. The lowest BCUT2D eigenvalue weighted by Crippen LogP contribution is -2.34. The lowest BCUT2D eigenvalue weighted by atomic mass is 10.1. The van der Waals surface area contributed by atoms with Gasteiger partial charge in [-0.3, -0.25) is 23.7 Å². The summed E-state index contributed by atoms with van der Waals surface area (Å²) < 4.78 is 1.64. The normalized spacial score (nSPS) is 18.6. The number of fused-ring (bicyclic) bond motifs is 1. The maximum atomic E-state index is 13.4. The summed E-state index contributed by atoms with van der Waals surface area (Å²) in [6.07, 6.45) is 6.31. The van der Waals surface area contributed by atoms with Crippen molar-refractivity contribution in [3.63, 3.8) is 0 Å². The van der Waals surface area contributed by atoms with Crippen LogP contribution in [0.25, 0.3) is 11.7 Å². The molecule has 30 heavy (non-hydrogen) atoms. The molecule has 0 radical (unpaired) electrons. The van der Waals surface area contributed by atoms with Crippen LogP contribution in [0.5, 0.6) is 0 Å². The van der Waals surface area contributed by atoms with Crippen LogP contribution >= 0.6 is 24.0 Å². The van der Waals surface area contributed by atoms with Crippen LogP contribution in [0.1, 0.15) is 30.4 Å². The van der Waals surface area contributed by atoms with E-state index in [2.05, 4.69) is 4.90 Å². The SMILES string of the molecule is Cc1cccn2c(=O)c(/C=C3/SC(=S)N(CC(=O)O)C3=O)c(N3CCCCC3)nc12. The predicted molar refractivity (Wildman–Crippen MR) is 120 cm³/mol. The first-order valence-electron chi connectivity index (χ1n) is 9.61. The van der Waals surface area contributed by atoms with E-state index in [0.717, 1.165) is 54.6 Å². The number of pyridine rings is 1. The summed E-state index contributed by atoms with van der Waals surface area (Å²) in [5.74, 6) is -1.10. The molecule has 0 spiro atoms. The Morgan fingerprint density at radius 1 is 1.30 bits per heavy atom. The second-order valence-electron chi connectivity index (χ2n) is 7.25. The molecule has 1 N–H and O–H groups in total. The topological polar surface area (TPSA) is 95.2 Å². The van der Waals surface area contributed by atoms with E-state index in [1.54, 1.807) is 12.3 Å². The van der Waals surface area contributed by atoms with E-state index in [9.17, 15) is 14.4 Å². The van der Waals surface area contributed by atoms with Crippen molar-refractivity contribution in [1.82, 2.24) is 14.3 Å². The van der Waals surface area contributed by atoms with Gasteiger partial charge in [0, 0.05) is 19.3 Å². The van der Waals surface area contributed by atoms with Crippen LogP contribution in [0.2, 0.25) is 0 Å². The van der Waals surface area contributed by atoms with E-state index >= 15 is 0 Å². The van der Waals surface area contributed by atoms with Crippen molar-refractivity contribution in [2.75, 3.05) is 24.5 Å². The Balaban J connectivity index is 1.87. The van der Waals surface area contributed by atoms with Gasteiger partial charge in [0.15, 0.2) is 0 Å². The van der Waals surface area contributed by atoms with Crippen LogP contribution in [-0.2, 0) is 9.59 Å². The smallest absolute Gasteiger partial charge is 0.323 e. The quantitative estimate of drug-likeness (QED) is 0.567. The van der Waals surface area contributed by atoms with Gasteiger partial charge in [0.2, 0.25) is 0 Å². The average Bonchev–Trinajstić information content (AvgIpc) is 2.98. The van der Waals surface area contributed by atoms with E-state index in [0.29, 0.717) is 17.0 Å². The fourth-order valence-corrected chi connectivity index (χ4v) is 4.91. The molecule has 0 aliphatic carbocycles. The third-order valence-corrected chi connectivity index (χ3v) is 6.54. The molecule has 1 amide bonds. The molecule has 4 rings (SSSR count). The van der Waals surface area contributed by atoms with Gasteiger partial charge in [-0.05, 0) is 43.9 Å². The van der Waals surface area contributed by atoms with E-state index in [1.807, 2.05) is 13.0 Å². The van der Waals surface area contributed by atoms with E-state index in [1.165, 1.54) is 10.5 Å². The fourth-order valence-electron chi connectivity index (χ4n) is 3.68. The van der Waals surface area contributed by atoms with Crippen LogP contribution in [0, 0.1) is 6.92 Å². The number of amides is 1. The third kappa shape index (κ3) is 3.72. The molecule has 156 valence electrons. The van der Waals surface area contributed by atoms with Crippen LogP contribution < -0.4 is 10.5 Å². The predicted octanol–water partition coefficient (Wildman–Crippen LogP) is 2.28. The number of carbonyl (C=O) groups is 2. The maximum absolute atomic E-state index is 13.4. The first-order valence-corrected chi connectivity index (χ1v) is 10.8. The molecule has 0 saturated carbocycles. The van der Waals surface area contributed by atoms with Crippen LogP contribution in [0.15, 0.2) is 28.0 Å². The third-order valence-electron chi connectivity index (χ3n) is 5.16. The first kappa shape index (κ1) is 20.5. The Bertz CT molecular complexity index is 1150. The summed E-state index contributed by atoms with van der Waals surface area (Å²) in [7, 11) is 0. The minimum atomic E-state index is -1.15. The van der Waals surface area contributed by atoms with Gasteiger partial charge in [0.25, 0.3) is 11.5 Å². The molecular formula is C20H20N4O4S2. The number of carbonyl (C=O) groups excluding carboxylic acids is 1. The number of anilines is 1. The van der Waals surface area contributed by atoms with Crippen molar-refractivity contribution in [3.8, 4) is 0 Å². The number of piperidine rings is 1. The van der Waals surface area contributed by atoms with Gasteiger partial charge < -0.3 is 10.0 Å². The first-order chi connectivity index (χ1) is 14.4. The molecule has 0 aromatic carbocycles. The number of thiocarbonyl (C=S) groups is 1. The molecule has 2 aromatic rings. The van der Waals surface area contributed by atoms with Gasteiger partial charge in [-0.2, -0.15) is 0 Å². The Hall–Kier alpha value is -2.72. The summed E-state index contributed by atoms with van der Waals surface area (Å²) in [5, 5.41) is 9.04. The van der Waals surface area contributed by atoms with Gasteiger partial charge in [0.05, 0.1) is 10.5 Å². The monoisotopic (exact) mass is 444 g/mol. The number of aromatic nitrogens is 2. The Kier molecular flexibility index (Phi) is 5.61. The molecule has 8 nitrogen and oxygen atoms in total. The number of carboxylic acids is 1. The van der Waals surface area contributed by atoms with Crippen LogP contribution in [0.4, 0.5) is 5.82 Å². The highest BCUT2D eigenvalue weighted by Gasteiger charge is 2.34. The Morgan fingerprint density at radius 2 is 2.03 bits per heavy atom. The van der Waals surface area contributed by atoms with Gasteiger partial charge >= 0.3 is 5.97 Å². The van der Waals surface area contributed by atoms with E-state index in [4.69, 9.17) is 22.3 Å². The summed E-state index contributed by atoms with van der Waals surface area (Å²) >= 11 is 6.17. The van der Waals surface area contributed by atoms with Crippen LogP contribution in [0.3, 0.4) is 0 Å². The lowest BCUT2D eigenvalue weighted by molar-refractivity contribution is -0.140. The lowest BCUT2D eigenvalue weighted by Gasteiger charge is -2.29. The molecule has 2 fully saturated rings. The zero-order valence-corrected chi connectivity index (χ0v) is 18.0. The summed E-state index contributed by atoms with van der Waals surface area (Å²) in [4.78, 5) is 45.3. The molecule has 2 aliphatic rings. The number of aliphatic carboxylic acids is 1. The summed E-state index contributed by atoms with van der Waals surface area (Å²) in [6, 6.07) is 3.68. The number of hydrogen-bond acceptors (Lipinski definition) is 7. The highest BCUT2D eigenvalue weighted by Crippen LogP contribution is 2.33. The van der Waals surface area contributed by atoms with Crippen molar-refractivity contribution in [2.24, 2.45) is 0 Å². The van der Waals surface area contributed by atoms with Gasteiger partial charge in [-0.25, -0.2) is 4.98 Å². The largest absolute Gasteiger partial charge is 0.480 e. The van der Waals surface area contributed by atoms with Crippen molar-refractivity contribution in [2.45, 2.75) is 26.2 Å². The molecule has 10 heteroatoms. The summed E-state index contributed by atoms with van der Waals surface area (Å²) in [5.41, 5.74) is 1.51.